The summed E-state index contributed by atoms with van der Waals surface area (Å²) in [5.74, 6) is 0.655. The van der Waals surface area contributed by atoms with Crippen LogP contribution in [0.15, 0.2) is 41.7 Å². The van der Waals surface area contributed by atoms with Crippen LogP contribution >= 0.6 is 11.8 Å². The number of rotatable bonds is 6. The first-order valence-electron chi connectivity index (χ1n) is 10.7. The predicted molar refractivity (Wildman–Crippen MR) is 116 cm³/mol. The van der Waals surface area contributed by atoms with E-state index in [4.69, 9.17) is 14.5 Å². The van der Waals surface area contributed by atoms with Gasteiger partial charge in [-0.1, -0.05) is 11.8 Å². The molecule has 1 unspecified atom stereocenters. The van der Waals surface area contributed by atoms with Gasteiger partial charge in [0.15, 0.2) is 10.9 Å². The van der Waals surface area contributed by atoms with Gasteiger partial charge in [0.1, 0.15) is 18.5 Å². The lowest BCUT2D eigenvalue weighted by Gasteiger charge is -2.32. The summed E-state index contributed by atoms with van der Waals surface area (Å²) < 4.78 is 65.4. The largest absolute Gasteiger partial charge is 0.461 e. The van der Waals surface area contributed by atoms with Gasteiger partial charge in [0.25, 0.3) is 0 Å². The number of fused-ring (bicyclic) bond motifs is 1. The molecule has 180 valence electrons. The zero-order chi connectivity index (χ0) is 23.7. The Hall–Kier alpha value is -2.70. The van der Waals surface area contributed by atoms with E-state index in [9.17, 15) is 17.6 Å². The topological polar surface area (TPSA) is 65.3 Å². The SMILES string of the molecule is Fc1ccc(-c2nc3n(c2CN2CCOC(COc4nccc(C(F)(F)F)n4)C2)CCS3)cc1. The molecule has 3 aromatic rings. The molecule has 0 spiro atoms. The van der Waals surface area contributed by atoms with E-state index < -0.39 is 11.9 Å². The van der Waals surface area contributed by atoms with Crippen LogP contribution in [0, 0.1) is 5.82 Å². The molecule has 2 aromatic heterocycles. The maximum Gasteiger partial charge on any atom is 0.433 e. The van der Waals surface area contributed by atoms with Crippen molar-refractivity contribution < 1.29 is 27.0 Å². The minimum absolute atomic E-state index is 0.0307. The standard InChI is InChI=1S/C22H21F4N5O2S/c23-15-3-1-14(2-4-15)19-17(31-8-10-34-21(31)29-19)12-30-7-9-32-16(11-30)13-33-20-27-6-5-18(28-20)22(24,25)26/h1-6,16H,7-13H2. The number of aromatic nitrogens is 4. The number of benzene rings is 1. The van der Waals surface area contributed by atoms with Crippen LogP contribution in [0.25, 0.3) is 11.3 Å². The Morgan fingerprint density at radius 2 is 1.94 bits per heavy atom. The van der Waals surface area contributed by atoms with Gasteiger partial charge in [-0.05, 0) is 30.3 Å². The first-order valence-corrected chi connectivity index (χ1v) is 11.7. The summed E-state index contributed by atoms with van der Waals surface area (Å²) >= 11 is 1.69. The molecule has 1 fully saturated rings. The fourth-order valence-electron chi connectivity index (χ4n) is 4.00. The molecule has 5 rings (SSSR count). The van der Waals surface area contributed by atoms with Crippen molar-refractivity contribution in [1.29, 1.82) is 0 Å². The molecule has 0 N–H and O–H groups in total. The Morgan fingerprint density at radius 3 is 2.74 bits per heavy atom. The molecular weight excluding hydrogens is 474 g/mol. The predicted octanol–water partition coefficient (Wildman–Crippen LogP) is 3.88. The van der Waals surface area contributed by atoms with Crippen LogP contribution in [-0.2, 0) is 24.0 Å². The number of nitrogens with zero attached hydrogens (tertiary/aromatic N) is 5. The van der Waals surface area contributed by atoms with Gasteiger partial charge in [-0.25, -0.2) is 14.4 Å². The van der Waals surface area contributed by atoms with Gasteiger partial charge >= 0.3 is 12.2 Å². The number of morpholine rings is 1. The number of halogens is 4. The zero-order valence-corrected chi connectivity index (χ0v) is 18.8. The second-order valence-electron chi connectivity index (χ2n) is 7.96. The van der Waals surface area contributed by atoms with Crippen LogP contribution in [0.2, 0.25) is 0 Å². The number of ether oxygens (including phenoxy) is 2. The van der Waals surface area contributed by atoms with Gasteiger partial charge in [-0.15, -0.1) is 0 Å². The van der Waals surface area contributed by atoms with Gasteiger partial charge < -0.3 is 14.0 Å². The second kappa shape index (κ2) is 9.51. The zero-order valence-electron chi connectivity index (χ0n) is 18.0. The molecule has 2 aliphatic heterocycles. The van der Waals surface area contributed by atoms with E-state index in [2.05, 4.69) is 19.4 Å². The Kier molecular flexibility index (Phi) is 6.45. The van der Waals surface area contributed by atoms with Crippen LogP contribution in [0.4, 0.5) is 17.6 Å². The molecule has 7 nitrogen and oxygen atoms in total. The lowest BCUT2D eigenvalue weighted by Crippen LogP contribution is -2.44. The molecule has 0 amide bonds. The van der Waals surface area contributed by atoms with E-state index in [1.807, 2.05) is 0 Å². The molecule has 0 bridgehead atoms. The Morgan fingerprint density at radius 1 is 1.12 bits per heavy atom. The summed E-state index contributed by atoms with van der Waals surface area (Å²) in [6, 6.07) is 6.77. The summed E-state index contributed by atoms with van der Waals surface area (Å²) in [6.07, 6.45) is -3.89. The van der Waals surface area contributed by atoms with E-state index in [0.717, 1.165) is 46.7 Å². The third kappa shape index (κ3) is 5.03. The highest BCUT2D eigenvalue weighted by Gasteiger charge is 2.33. The summed E-state index contributed by atoms with van der Waals surface area (Å²) in [5, 5.41) is 0.948. The van der Waals surface area contributed by atoms with Crippen LogP contribution in [0.3, 0.4) is 0 Å². The van der Waals surface area contributed by atoms with Crippen molar-refractivity contribution in [3.63, 3.8) is 0 Å². The Balaban J connectivity index is 1.27. The quantitative estimate of drug-likeness (QED) is 0.481. The average molecular weight is 496 g/mol. The van der Waals surface area contributed by atoms with Crippen molar-refractivity contribution in [3.05, 3.63) is 53.7 Å². The molecule has 0 radical (unpaired) electrons. The van der Waals surface area contributed by atoms with Crippen LogP contribution < -0.4 is 4.74 Å². The molecule has 1 atom stereocenters. The fourth-order valence-corrected chi connectivity index (χ4v) is 4.97. The van der Waals surface area contributed by atoms with Gasteiger partial charge in [0.2, 0.25) is 0 Å². The van der Waals surface area contributed by atoms with Gasteiger partial charge in [-0.2, -0.15) is 18.2 Å². The molecule has 0 aliphatic carbocycles. The van der Waals surface area contributed by atoms with Crippen molar-refractivity contribution in [1.82, 2.24) is 24.4 Å². The van der Waals surface area contributed by atoms with Crippen molar-refractivity contribution in [2.45, 2.75) is 30.5 Å². The number of hydrogen-bond acceptors (Lipinski definition) is 7. The minimum Gasteiger partial charge on any atom is -0.461 e. The summed E-state index contributed by atoms with van der Waals surface area (Å²) in [7, 11) is 0. The van der Waals surface area contributed by atoms with E-state index in [1.54, 1.807) is 23.9 Å². The van der Waals surface area contributed by atoms with Crippen molar-refractivity contribution in [2.24, 2.45) is 0 Å². The van der Waals surface area contributed by atoms with Gasteiger partial charge in [-0.3, -0.25) is 4.90 Å². The highest BCUT2D eigenvalue weighted by molar-refractivity contribution is 7.99. The third-order valence-corrected chi connectivity index (χ3v) is 6.58. The lowest BCUT2D eigenvalue weighted by atomic mass is 10.1. The number of thioether (sulfide) groups is 1. The van der Waals surface area contributed by atoms with E-state index >= 15 is 0 Å². The number of alkyl halides is 3. The third-order valence-electron chi connectivity index (χ3n) is 5.62. The Labute approximate surface area is 197 Å². The maximum absolute atomic E-state index is 13.4. The molecule has 0 saturated carbocycles. The van der Waals surface area contributed by atoms with E-state index in [0.29, 0.717) is 26.2 Å². The first kappa shape index (κ1) is 23.1. The summed E-state index contributed by atoms with van der Waals surface area (Å²) in [6.45, 7) is 3.16. The van der Waals surface area contributed by atoms with Gasteiger partial charge in [0, 0.05) is 43.7 Å². The lowest BCUT2D eigenvalue weighted by molar-refractivity contribution is -0.141. The van der Waals surface area contributed by atoms with Crippen LogP contribution in [0.5, 0.6) is 6.01 Å². The molecule has 2 aliphatic rings. The highest BCUT2D eigenvalue weighted by atomic mass is 32.2. The average Bonchev–Trinajstić information content (AvgIpc) is 3.41. The van der Waals surface area contributed by atoms with Gasteiger partial charge in [0.05, 0.1) is 18.0 Å². The normalized spacial score (nSPS) is 18.8. The molecule has 34 heavy (non-hydrogen) atoms. The first-order chi connectivity index (χ1) is 16.4. The molecule has 1 saturated heterocycles. The smallest absolute Gasteiger partial charge is 0.433 e. The molecule has 12 heteroatoms. The van der Waals surface area contributed by atoms with Crippen molar-refractivity contribution in [3.8, 4) is 17.3 Å². The van der Waals surface area contributed by atoms with Crippen molar-refractivity contribution >= 4 is 11.8 Å². The highest BCUT2D eigenvalue weighted by Crippen LogP contribution is 2.34. The molecule has 1 aromatic carbocycles. The summed E-state index contributed by atoms with van der Waals surface area (Å²) in [5.41, 5.74) is 1.69. The van der Waals surface area contributed by atoms with Crippen LogP contribution in [0.1, 0.15) is 11.4 Å². The van der Waals surface area contributed by atoms with Crippen molar-refractivity contribution in [2.75, 3.05) is 32.1 Å². The number of imidazole rings is 1. The van der Waals surface area contributed by atoms with E-state index in [1.165, 1.54) is 12.1 Å². The fraction of sp³-hybridized carbons (Fsp3) is 0.409. The number of hydrogen-bond donors (Lipinski definition) is 0. The maximum atomic E-state index is 13.4. The second-order valence-corrected chi connectivity index (χ2v) is 9.02. The van der Waals surface area contributed by atoms with E-state index in [-0.39, 0.29) is 24.5 Å². The van der Waals surface area contributed by atoms with Crippen LogP contribution in [-0.4, -0.2) is 62.6 Å². The minimum atomic E-state index is -4.56. The molecule has 4 heterocycles. The monoisotopic (exact) mass is 495 g/mol. The molecular formula is C22H21F4N5O2S. The Bertz CT molecular complexity index is 1160. The summed E-state index contributed by atoms with van der Waals surface area (Å²) in [4.78, 5) is 14.2.